The first-order valence-corrected chi connectivity index (χ1v) is 25.4. The van der Waals surface area contributed by atoms with E-state index in [0.717, 1.165) is 83.5 Å². The van der Waals surface area contributed by atoms with Crippen LogP contribution in [0.2, 0.25) is 0 Å². The summed E-state index contributed by atoms with van der Waals surface area (Å²) >= 11 is 0. The van der Waals surface area contributed by atoms with Crippen LogP contribution in [0.1, 0.15) is 187 Å². The number of unbranched alkanes of at least 4 members (excludes halogenated alkanes) is 19. The summed E-state index contributed by atoms with van der Waals surface area (Å²) in [6.07, 6.45) is 31.6. The summed E-state index contributed by atoms with van der Waals surface area (Å²) in [7, 11) is -5.12. The molecule has 6 unspecified atom stereocenters. The van der Waals surface area contributed by atoms with Crippen LogP contribution in [0.3, 0.4) is 0 Å². The fraction of sp³-hybridized carbons (Fsp3) is 0.792. The topological polar surface area (TPSA) is 210 Å². The highest BCUT2D eigenvalue weighted by Crippen LogP contribution is 2.47. The lowest BCUT2D eigenvalue weighted by Crippen LogP contribution is -2.64. The van der Waals surface area contributed by atoms with E-state index in [-0.39, 0.29) is 12.8 Å². The summed E-state index contributed by atoms with van der Waals surface area (Å²) < 4.78 is 33.5. The number of allylic oxidation sites excluding steroid dienone is 8. The SMILES string of the molecule is CCCC/C=C\C/C=C\CCCCCCCC(=O)OCC(COP(=O)(O)OC1C(O)C(O)C(O)C(O)C1O)OC(=O)CCCCCCCCCCC/C=C\C/C=C\CCCCC. The van der Waals surface area contributed by atoms with Crippen molar-refractivity contribution in [3.05, 3.63) is 48.6 Å². The van der Waals surface area contributed by atoms with Crippen molar-refractivity contribution in [2.45, 2.75) is 230 Å². The Kier molecular flexibility index (Phi) is 35.5. The second-order valence-corrected chi connectivity index (χ2v) is 18.0. The van der Waals surface area contributed by atoms with Crippen LogP contribution in [0.25, 0.3) is 0 Å². The number of rotatable bonds is 39. The number of ether oxygens (including phenoxy) is 2. The Hall–Kier alpha value is -2.19. The molecular weight excluding hydrogens is 815 g/mol. The highest BCUT2D eigenvalue weighted by molar-refractivity contribution is 7.47. The third-order valence-electron chi connectivity index (χ3n) is 10.9. The fourth-order valence-electron chi connectivity index (χ4n) is 6.98. The van der Waals surface area contributed by atoms with E-state index < -0.39 is 75.7 Å². The zero-order chi connectivity index (χ0) is 45.7. The van der Waals surface area contributed by atoms with Crippen molar-refractivity contribution in [2.24, 2.45) is 0 Å². The Morgan fingerprint density at radius 1 is 0.500 bits per heavy atom. The molecule has 1 fully saturated rings. The molecule has 0 aromatic rings. The first-order valence-electron chi connectivity index (χ1n) is 23.9. The standard InChI is InChI=1S/C48H85O13P/c1-3-5-7-9-11-13-15-17-19-20-21-22-23-25-27-29-31-33-35-37-42(50)60-40(39-59-62(56,57)61-48-46(54)44(52)43(51)45(53)47(48)55)38-58-41(49)36-34-32-30-28-26-24-18-16-14-12-10-8-6-4-2/h10-13,16-19,40,43-48,51-55H,3-9,14-15,20-39H2,1-2H3,(H,56,57)/b12-10-,13-11-,18-16-,19-17-. The molecule has 360 valence electrons. The van der Waals surface area contributed by atoms with Crippen molar-refractivity contribution in [1.82, 2.24) is 0 Å². The van der Waals surface area contributed by atoms with E-state index in [4.69, 9.17) is 18.5 Å². The molecular formula is C48H85O13P. The van der Waals surface area contributed by atoms with Crippen LogP contribution in [-0.4, -0.2) is 98.3 Å². The number of carbonyl (C=O) groups excluding carboxylic acids is 2. The van der Waals surface area contributed by atoms with Gasteiger partial charge in [0.1, 0.15) is 43.2 Å². The Morgan fingerprint density at radius 3 is 1.35 bits per heavy atom. The molecule has 62 heavy (non-hydrogen) atoms. The van der Waals surface area contributed by atoms with Crippen LogP contribution in [0.15, 0.2) is 48.6 Å². The number of aliphatic hydroxyl groups is 5. The minimum Gasteiger partial charge on any atom is -0.462 e. The van der Waals surface area contributed by atoms with E-state index in [1.807, 2.05) is 0 Å². The predicted octanol–water partition coefficient (Wildman–Crippen LogP) is 9.56. The van der Waals surface area contributed by atoms with Gasteiger partial charge in [0.2, 0.25) is 0 Å². The number of hydrogen-bond acceptors (Lipinski definition) is 12. The number of hydrogen-bond donors (Lipinski definition) is 6. The molecule has 0 aromatic carbocycles. The fourth-order valence-corrected chi connectivity index (χ4v) is 7.95. The third kappa shape index (κ3) is 30.0. The van der Waals surface area contributed by atoms with Crippen LogP contribution < -0.4 is 0 Å². The zero-order valence-electron chi connectivity index (χ0n) is 38.2. The molecule has 0 radical (unpaired) electrons. The van der Waals surface area contributed by atoms with Crippen LogP contribution in [-0.2, 0) is 32.7 Å². The Balaban J connectivity index is 2.44. The average Bonchev–Trinajstić information content (AvgIpc) is 3.25. The van der Waals surface area contributed by atoms with E-state index >= 15 is 0 Å². The highest BCUT2D eigenvalue weighted by atomic mass is 31.2. The second kappa shape index (κ2) is 38.1. The lowest BCUT2D eigenvalue weighted by atomic mass is 9.85. The molecule has 1 aliphatic carbocycles. The number of carbonyl (C=O) groups is 2. The maximum atomic E-state index is 12.8. The van der Waals surface area contributed by atoms with Gasteiger partial charge in [-0.3, -0.25) is 18.6 Å². The molecule has 1 saturated carbocycles. The maximum Gasteiger partial charge on any atom is 0.472 e. The molecule has 0 amide bonds. The Morgan fingerprint density at radius 2 is 0.887 bits per heavy atom. The number of phosphoric acid groups is 1. The number of esters is 2. The number of aliphatic hydroxyl groups excluding tert-OH is 5. The van der Waals surface area contributed by atoms with Gasteiger partial charge in [-0.1, -0.05) is 152 Å². The van der Waals surface area contributed by atoms with Gasteiger partial charge in [-0.2, -0.15) is 0 Å². The molecule has 14 heteroatoms. The van der Waals surface area contributed by atoms with Crippen LogP contribution in [0, 0.1) is 0 Å². The largest absolute Gasteiger partial charge is 0.472 e. The lowest BCUT2D eigenvalue weighted by Gasteiger charge is -2.41. The van der Waals surface area contributed by atoms with Gasteiger partial charge in [-0.05, 0) is 70.6 Å². The van der Waals surface area contributed by atoms with Gasteiger partial charge < -0.3 is 39.9 Å². The first-order chi connectivity index (χ1) is 29.9. The smallest absolute Gasteiger partial charge is 0.462 e. The van der Waals surface area contributed by atoms with Crippen LogP contribution in [0.5, 0.6) is 0 Å². The van der Waals surface area contributed by atoms with Gasteiger partial charge in [-0.25, -0.2) is 4.57 Å². The summed E-state index contributed by atoms with van der Waals surface area (Å²) in [6, 6.07) is 0. The summed E-state index contributed by atoms with van der Waals surface area (Å²) in [4.78, 5) is 35.7. The molecule has 0 saturated heterocycles. The summed E-state index contributed by atoms with van der Waals surface area (Å²) in [5.74, 6) is -1.12. The van der Waals surface area contributed by atoms with Crippen molar-refractivity contribution in [3.8, 4) is 0 Å². The molecule has 6 N–H and O–H groups in total. The second-order valence-electron chi connectivity index (χ2n) is 16.6. The highest BCUT2D eigenvalue weighted by Gasteiger charge is 2.51. The van der Waals surface area contributed by atoms with Gasteiger partial charge in [-0.15, -0.1) is 0 Å². The normalized spacial score (nSPS) is 22.3. The van der Waals surface area contributed by atoms with Gasteiger partial charge >= 0.3 is 19.8 Å². The lowest BCUT2D eigenvalue weighted by molar-refractivity contribution is -0.220. The molecule has 6 atom stereocenters. The van der Waals surface area contributed by atoms with Gasteiger partial charge in [0.15, 0.2) is 6.10 Å². The predicted molar refractivity (Wildman–Crippen MR) is 244 cm³/mol. The monoisotopic (exact) mass is 901 g/mol. The molecule has 1 rings (SSSR count). The minimum atomic E-state index is -5.12. The van der Waals surface area contributed by atoms with E-state index in [1.54, 1.807) is 0 Å². The third-order valence-corrected chi connectivity index (χ3v) is 11.9. The number of phosphoric ester groups is 1. The van der Waals surface area contributed by atoms with Crippen molar-refractivity contribution < 1.29 is 63.1 Å². The molecule has 13 nitrogen and oxygen atoms in total. The maximum absolute atomic E-state index is 12.8. The van der Waals surface area contributed by atoms with E-state index in [0.29, 0.717) is 12.8 Å². The Labute approximate surface area is 373 Å². The average molecular weight is 901 g/mol. The summed E-state index contributed by atoms with van der Waals surface area (Å²) in [5, 5.41) is 50.2. The molecule has 0 spiro atoms. The van der Waals surface area contributed by atoms with Gasteiger partial charge in [0.05, 0.1) is 6.61 Å². The van der Waals surface area contributed by atoms with Gasteiger partial charge in [0.25, 0.3) is 0 Å². The van der Waals surface area contributed by atoms with E-state index in [2.05, 4.69) is 62.5 Å². The van der Waals surface area contributed by atoms with Gasteiger partial charge in [0, 0.05) is 12.8 Å². The Bertz CT molecular complexity index is 1270. The van der Waals surface area contributed by atoms with Crippen LogP contribution >= 0.6 is 7.82 Å². The molecule has 1 aliphatic rings. The summed E-state index contributed by atoms with van der Waals surface area (Å²) in [6.45, 7) is 3.22. The zero-order valence-corrected chi connectivity index (χ0v) is 39.0. The first kappa shape index (κ1) is 57.8. The van der Waals surface area contributed by atoms with Crippen molar-refractivity contribution >= 4 is 19.8 Å². The van der Waals surface area contributed by atoms with Crippen molar-refractivity contribution in [3.63, 3.8) is 0 Å². The van der Waals surface area contributed by atoms with Crippen molar-refractivity contribution in [1.29, 1.82) is 0 Å². The van der Waals surface area contributed by atoms with Crippen LogP contribution in [0.4, 0.5) is 0 Å². The summed E-state index contributed by atoms with van der Waals surface area (Å²) in [5.41, 5.74) is 0. The molecule has 0 bridgehead atoms. The molecule has 0 heterocycles. The van der Waals surface area contributed by atoms with E-state index in [9.17, 15) is 44.6 Å². The van der Waals surface area contributed by atoms with E-state index in [1.165, 1.54) is 64.2 Å². The minimum absolute atomic E-state index is 0.0876. The molecule has 0 aliphatic heterocycles. The van der Waals surface area contributed by atoms with Crippen molar-refractivity contribution in [2.75, 3.05) is 13.2 Å². The quantitative estimate of drug-likeness (QED) is 0.0147. The molecule has 0 aromatic heterocycles.